The first-order valence-corrected chi connectivity index (χ1v) is 4.98. The highest BCUT2D eigenvalue weighted by Gasteiger charge is 2.08. The Bertz CT molecular complexity index is 328. The molecule has 0 atom stereocenters. The number of hydrogen-bond acceptors (Lipinski definition) is 7. The van der Waals surface area contributed by atoms with E-state index in [0.717, 1.165) is 5.56 Å². The first-order chi connectivity index (χ1) is 7.67. The SMILES string of the molecule is Nc1ncc(CN(CCO)CCO)c(N)n1. The summed E-state index contributed by atoms with van der Waals surface area (Å²) in [6.07, 6.45) is 1.55. The number of aliphatic hydroxyl groups is 2. The predicted octanol–water partition coefficient (Wildman–Crippen LogP) is -1.57. The largest absolute Gasteiger partial charge is 0.395 e. The summed E-state index contributed by atoms with van der Waals surface area (Å²) in [5.41, 5.74) is 11.8. The Morgan fingerprint density at radius 2 is 1.81 bits per heavy atom. The third kappa shape index (κ3) is 3.61. The Hall–Kier alpha value is -1.44. The van der Waals surface area contributed by atoms with E-state index >= 15 is 0 Å². The second kappa shape index (κ2) is 6.21. The number of aliphatic hydroxyl groups excluding tert-OH is 2. The van der Waals surface area contributed by atoms with Gasteiger partial charge in [0.15, 0.2) is 0 Å². The van der Waals surface area contributed by atoms with Gasteiger partial charge in [-0.15, -0.1) is 0 Å². The van der Waals surface area contributed by atoms with Crippen LogP contribution in [0, 0.1) is 0 Å². The molecule has 7 heteroatoms. The summed E-state index contributed by atoms with van der Waals surface area (Å²) >= 11 is 0. The fraction of sp³-hybridized carbons (Fsp3) is 0.556. The van der Waals surface area contributed by atoms with Crippen LogP contribution in [-0.2, 0) is 6.54 Å². The Kier molecular flexibility index (Phi) is 4.90. The molecule has 1 heterocycles. The summed E-state index contributed by atoms with van der Waals surface area (Å²) in [7, 11) is 0. The molecule has 90 valence electrons. The van der Waals surface area contributed by atoms with Gasteiger partial charge in [-0.05, 0) is 0 Å². The van der Waals surface area contributed by atoms with Gasteiger partial charge in [0.05, 0.1) is 13.2 Å². The molecule has 0 saturated heterocycles. The number of anilines is 2. The normalized spacial score (nSPS) is 10.9. The molecule has 0 bridgehead atoms. The minimum atomic E-state index is 0.0235. The third-order valence-corrected chi connectivity index (χ3v) is 2.14. The molecule has 0 aliphatic carbocycles. The molecule has 0 spiro atoms. The van der Waals surface area contributed by atoms with Gasteiger partial charge in [0.2, 0.25) is 5.95 Å². The Balaban J connectivity index is 2.68. The summed E-state index contributed by atoms with van der Waals surface area (Å²) in [5.74, 6) is 0.463. The summed E-state index contributed by atoms with van der Waals surface area (Å²) < 4.78 is 0. The van der Waals surface area contributed by atoms with Gasteiger partial charge in [-0.2, -0.15) is 4.98 Å². The first-order valence-electron chi connectivity index (χ1n) is 4.98. The highest BCUT2D eigenvalue weighted by atomic mass is 16.3. The van der Waals surface area contributed by atoms with Crippen LogP contribution in [0.15, 0.2) is 6.20 Å². The molecule has 7 nitrogen and oxygen atoms in total. The van der Waals surface area contributed by atoms with Crippen LogP contribution in [0.25, 0.3) is 0 Å². The molecule has 6 N–H and O–H groups in total. The Labute approximate surface area is 93.7 Å². The van der Waals surface area contributed by atoms with E-state index in [1.807, 2.05) is 4.90 Å². The van der Waals surface area contributed by atoms with Gasteiger partial charge >= 0.3 is 0 Å². The maximum atomic E-state index is 8.85. The quantitative estimate of drug-likeness (QED) is 0.463. The number of aromatic nitrogens is 2. The van der Waals surface area contributed by atoms with E-state index in [4.69, 9.17) is 21.7 Å². The van der Waals surface area contributed by atoms with E-state index in [1.54, 1.807) is 6.20 Å². The number of nitrogens with zero attached hydrogens (tertiary/aromatic N) is 3. The van der Waals surface area contributed by atoms with Crippen molar-refractivity contribution in [3.8, 4) is 0 Å². The number of hydrogen-bond donors (Lipinski definition) is 4. The van der Waals surface area contributed by atoms with Crippen LogP contribution in [0.4, 0.5) is 11.8 Å². The van der Waals surface area contributed by atoms with Gasteiger partial charge in [0.25, 0.3) is 0 Å². The monoisotopic (exact) mass is 227 g/mol. The second-order valence-corrected chi connectivity index (χ2v) is 3.36. The molecule has 0 saturated carbocycles. The van der Waals surface area contributed by atoms with Gasteiger partial charge in [0, 0.05) is 31.4 Å². The predicted molar refractivity (Wildman–Crippen MR) is 60.3 cm³/mol. The van der Waals surface area contributed by atoms with Gasteiger partial charge in [-0.25, -0.2) is 4.98 Å². The maximum Gasteiger partial charge on any atom is 0.221 e. The van der Waals surface area contributed by atoms with E-state index in [-0.39, 0.29) is 19.2 Å². The van der Waals surface area contributed by atoms with Crippen molar-refractivity contribution >= 4 is 11.8 Å². The molecule has 0 fully saturated rings. The van der Waals surface area contributed by atoms with E-state index in [0.29, 0.717) is 25.5 Å². The van der Waals surface area contributed by atoms with Gasteiger partial charge in [-0.3, -0.25) is 4.90 Å². The molecular formula is C9H17N5O2. The minimum absolute atomic E-state index is 0.0235. The van der Waals surface area contributed by atoms with Crippen LogP contribution in [0.2, 0.25) is 0 Å². The molecule has 0 aromatic carbocycles. The Morgan fingerprint density at radius 3 is 2.31 bits per heavy atom. The smallest absolute Gasteiger partial charge is 0.221 e. The van der Waals surface area contributed by atoms with Crippen molar-refractivity contribution in [3.63, 3.8) is 0 Å². The zero-order chi connectivity index (χ0) is 12.0. The summed E-state index contributed by atoms with van der Waals surface area (Å²) in [4.78, 5) is 9.54. The first kappa shape index (κ1) is 12.6. The number of nitrogens with two attached hydrogens (primary N) is 2. The third-order valence-electron chi connectivity index (χ3n) is 2.14. The summed E-state index contributed by atoms with van der Waals surface area (Å²) in [6.45, 7) is 1.45. The number of nitrogen functional groups attached to an aromatic ring is 2. The highest BCUT2D eigenvalue weighted by Crippen LogP contribution is 2.11. The van der Waals surface area contributed by atoms with Crippen molar-refractivity contribution in [1.82, 2.24) is 14.9 Å². The lowest BCUT2D eigenvalue weighted by Gasteiger charge is -2.20. The lowest BCUT2D eigenvalue weighted by Crippen LogP contribution is -2.30. The van der Waals surface area contributed by atoms with Crippen LogP contribution in [0.3, 0.4) is 0 Å². The average molecular weight is 227 g/mol. The lowest BCUT2D eigenvalue weighted by atomic mass is 10.3. The average Bonchev–Trinajstić information content (AvgIpc) is 2.23. The topological polar surface area (TPSA) is 122 Å². The molecule has 0 unspecified atom stereocenters. The zero-order valence-electron chi connectivity index (χ0n) is 9.00. The standard InChI is InChI=1S/C9H17N5O2/c10-8-7(5-12-9(11)13-8)6-14(1-3-15)2-4-16/h5,15-16H,1-4,6H2,(H4,10,11,12,13). The summed E-state index contributed by atoms with van der Waals surface area (Å²) in [5, 5.41) is 17.7. The maximum absolute atomic E-state index is 8.85. The summed E-state index contributed by atoms with van der Waals surface area (Å²) in [6, 6.07) is 0. The molecule has 0 aliphatic rings. The van der Waals surface area contributed by atoms with Crippen molar-refractivity contribution in [3.05, 3.63) is 11.8 Å². The van der Waals surface area contributed by atoms with Crippen molar-refractivity contribution < 1.29 is 10.2 Å². The molecule has 1 rings (SSSR count). The fourth-order valence-electron chi connectivity index (χ4n) is 1.35. The van der Waals surface area contributed by atoms with Crippen molar-refractivity contribution in [2.75, 3.05) is 37.8 Å². The van der Waals surface area contributed by atoms with Crippen molar-refractivity contribution in [1.29, 1.82) is 0 Å². The number of rotatable bonds is 6. The van der Waals surface area contributed by atoms with E-state index in [2.05, 4.69) is 9.97 Å². The molecule has 0 amide bonds. The van der Waals surface area contributed by atoms with E-state index in [1.165, 1.54) is 0 Å². The zero-order valence-corrected chi connectivity index (χ0v) is 9.00. The minimum Gasteiger partial charge on any atom is -0.395 e. The van der Waals surface area contributed by atoms with Crippen molar-refractivity contribution in [2.45, 2.75) is 6.54 Å². The molecule has 1 aromatic rings. The van der Waals surface area contributed by atoms with E-state index in [9.17, 15) is 0 Å². The molecule has 1 aromatic heterocycles. The van der Waals surface area contributed by atoms with Gasteiger partial charge in [0.1, 0.15) is 5.82 Å². The molecule has 0 radical (unpaired) electrons. The van der Waals surface area contributed by atoms with Crippen LogP contribution < -0.4 is 11.5 Å². The molecular weight excluding hydrogens is 210 g/mol. The highest BCUT2D eigenvalue weighted by molar-refractivity contribution is 5.41. The molecule has 16 heavy (non-hydrogen) atoms. The van der Waals surface area contributed by atoms with E-state index < -0.39 is 0 Å². The van der Waals surface area contributed by atoms with Crippen LogP contribution in [0.1, 0.15) is 5.56 Å². The Morgan fingerprint density at radius 1 is 1.19 bits per heavy atom. The van der Waals surface area contributed by atoms with Crippen molar-refractivity contribution in [2.24, 2.45) is 0 Å². The molecule has 0 aliphatic heterocycles. The lowest BCUT2D eigenvalue weighted by molar-refractivity contribution is 0.156. The van der Waals surface area contributed by atoms with Crippen LogP contribution in [0.5, 0.6) is 0 Å². The van der Waals surface area contributed by atoms with Crippen LogP contribution in [-0.4, -0.2) is 51.4 Å². The fourth-order valence-corrected chi connectivity index (χ4v) is 1.35. The van der Waals surface area contributed by atoms with Gasteiger partial charge in [-0.1, -0.05) is 0 Å². The van der Waals surface area contributed by atoms with Gasteiger partial charge < -0.3 is 21.7 Å². The second-order valence-electron chi connectivity index (χ2n) is 3.36. The van der Waals surface area contributed by atoms with Crippen LogP contribution >= 0.6 is 0 Å².